The Kier molecular flexibility index (Phi) is 12.3. The summed E-state index contributed by atoms with van der Waals surface area (Å²) in [6.45, 7) is 5.44. The molecule has 1 unspecified atom stereocenters. The number of halogens is 1. The molecule has 0 aliphatic rings. The zero-order valence-electron chi connectivity index (χ0n) is 9.54. The standard InChI is InChI=1S/C10H21ClO4/c1-3-10(11)15-9-8-14-7-6-13-5-4-12-2/h10H,3-9H2,1-2H3. The van der Waals surface area contributed by atoms with Gasteiger partial charge in [0.2, 0.25) is 0 Å². The Balaban J connectivity index is 2.92. The normalized spacial score (nSPS) is 13.0. The van der Waals surface area contributed by atoms with E-state index in [2.05, 4.69) is 0 Å². The van der Waals surface area contributed by atoms with E-state index in [0.29, 0.717) is 39.6 Å². The summed E-state index contributed by atoms with van der Waals surface area (Å²) in [5.41, 5.74) is -0.202. The van der Waals surface area contributed by atoms with E-state index < -0.39 is 0 Å². The lowest BCUT2D eigenvalue weighted by Gasteiger charge is -2.09. The third kappa shape index (κ3) is 12.1. The largest absolute Gasteiger partial charge is 0.382 e. The molecule has 0 spiro atoms. The fraction of sp³-hybridized carbons (Fsp3) is 1.00. The molecule has 0 rings (SSSR count). The van der Waals surface area contributed by atoms with Crippen molar-refractivity contribution in [3.8, 4) is 0 Å². The molecule has 0 amide bonds. The Morgan fingerprint density at radius 2 is 1.47 bits per heavy atom. The van der Waals surface area contributed by atoms with Crippen molar-refractivity contribution in [2.75, 3.05) is 46.8 Å². The van der Waals surface area contributed by atoms with Crippen LogP contribution in [0.2, 0.25) is 0 Å². The lowest BCUT2D eigenvalue weighted by atomic mass is 10.5. The van der Waals surface area contributed by atoms with E-state index >= 15 is 0 Å². The summed E-state index contributed by atoms with van der Waals surface area (Å²) in [5, 5.41) is 0. The molecule has 0 radical (unpaired) electrons. The van der Waals surface area contributed by atoms with Crippen LogP contribution in [-0.2, 0) is 18.9 Å². The minimum Gasteiger partial charge on any atom is -0.382 e. The monoisotopic (exact) mass is 240 g/mol. The van der Waals surface area contributed by atoms with Crippen molar-refractivity contribution in [1.82, 2.24) is 0 Å². The van der Waals surface area contributed by atoms with Gasteiger partial charge in [-0.25, -0.2) is 0 Å². The predicted octanol–water partition coefficient (Wildman–Crippen LogP) is 1.66. The van der Waals surface area contributed by atoms with Crippen molar-refractivity contribution in [2.24, 2.45) is 0 Å². The molecule has 0 N–H and O–H groups in total. The molecule has 15 heavy (non-hydrogen) atoms. The first-order valence-corrected chi connectivity index (χ1v) is 5.65. The Morgan fingerprint density at radius 1 is 0.933 bits per heavy atom. The lowest BCUT2D eigenvalue weighted by Crippen LogP contribution is -2.13. The molecule has 0 bridgehead atoms. The van der Waals surface area contributed by atoms with Crippen LogP contribution in [0.1, 0.15) is 13.3 Å². The van der Waals surface area contributed by atoms with Gasteiger partial charge in [0.05, 0.1) is 39.6 Å². The highest BCUT2D eigenvalue weighted by molar-refractivity contribution is 6.19. The van der Waals surface area contributed by atoms with E-state index in [1.807, 2.05) is 6.92 Å². The Morgan fingerprint density at radius 3 is 2.00 bits per heavy atom. The topological polar surface area (TPSA) is 36.9 Å². The predicted molar refractivity (Wildman–Crippen MR) is 59.4 cm³/mol. The number of rotatable bonds is 11. The maximum atomic E-state index is 5.75. The minimum absolute atomic E-state index is 0.202. The van der Waals surface area contributed by atoms with Crippen molar-refractivity contribution in [3.63, 3.8) is 0 Å². The molecule has 0 aliphatic heterocycles. The van der Waals surface area contributed by atoms with Gasteiger partial charge in [-0.1, -0.05) is 18.5 Å². The molecule has 5 heteroatoms. The first kappa shape index (κ1) is 15.1. The molecular formula is C10H21ClO4. The fourth-order valence-electron chi connectivity index (χ4n) is 0.817. The smallest absolute Gasteiger partial charge is 0.131 e. The van der Waals surface area contributed by atoms with Crippen molar-refractivity contribution < 1.29 is 18.9 Å². The fourth-order valence-corrected chi connectivity index (χ4v) is 0.906. The van der Waals surface area contributed by atoms with Gasteiger partial charge in [0, 0.05) is 7.11 Å². The SMILES string of the molecule is CCC(Cl)OCCOCCOCCOC. The molecule has 4 nitrogen and oxygen atoms in total. The second-order valence-electron chi connectivity index (χ2n) is 2.91. The van der Waals surface area contributed by atoms with E-state index in [0.717, 1.165) is 6.42 Å². The average Bonchev–Trinajstić information content (AvgIpc) is 2.26. The average molecular weight is 241 g/mol. The molecule has 0 aliphatic carbocycles. The number of hydrogen-bond donors (Lipinski definition) is 0. The summed E-state index contributed by atoms with van der Waals surface area (Å²) in [5.74, 6) is 0. The van der Waals surface area contributed by atoms with Gasteiger partial charge in [-0.15, -0.1) is 0 Å². The van der Waals surface area contributed by atoms with Crippen LogP contribution in [0.25, 0.3) is 0 Å². The summed E-state index contributed by atoms with van der Waals surface area (Å²) in [6, 6.07) is 0. The highest BCUT2D eigenvalue weighted by Crippen LogP contribution is 2.01. The summed E-state index contributed by atoms with van der Waals surface area (Å²) in [4.78, 5) is 0. The van der Waals surface area contributed by atoms with Gasteiger partial charge in [-0.2, -0.15) is 0 Å². The van der Waals surface area contributed by atoms with E-state index in [-0.39, 0.29) is 5.56 Å². The van der Waals surface area contributed by atoms with E-state index in [1.165, 1.54) is 0 Å². The van der Waals surface area contributed by atoms with Gasteiger partial charge in [0.25, 0.3) is 0 Å². The van der Waals surface area contributed by atoms with E-state index in [1.54, 1.807) is 7.11 Å². The van der Waals surface area contributed by atoms with Gasteiger partial charge in [-0.3, -0.25) is 0 Å². The van der Waals surface area contributed by atoms with Crippen LogP contribution in [0.15, 0.2) is 0 Å². The van der Waals surface area contributed by atoms with Crippen LogP contribution >= 0.6 is 11.6 Å². The summed E-state index contributed by atoms with van der Waals surface area (Å²) in [7, 11) is 1.65. The zero-order valence-corrected chi connectivity index (χ0v) is 10.3. The van der Waals surface area contributed by atoms with Gasteiger partial charge >= 0.3 is 0 Å². The molecule has 92 valence electrons. The molecule has 1 atom stereocenters. The van der Waals surface area contributed by atoms with Crippen LogP contribution in [0, 0.1) is 0 Å². The van der Waals surface area contributed by atoms with Crippen molar-refractivity contribution in [1.29, 1.82) is 0 Å². The zero-order chi connectivity index (χ0) is 11.4. The van der Waals surface area contributed by atoms with Gasteiger partial charge < -0.3 is 18.9 Å². The molecule has 0 aromatic heterocycles. The molecule has 0 heterocycles. The van der Waals surface area contributed by atoms with Crippen LogP contribution in [0.5, 0.6) is 0 Å². The number of methoxy groups -OCH3 is 1. The number of hydrogen-bond acceptors (Lipinski definition) is 4. The quantitative estimate of drug-likeness (QED) is 0.407. The molecule has 0 saturated carbocycles. The van der Waals surface area contributed by atoms with Gasteiger partial charge in [0.1, 0.15) is 5.56 Å². The van der Waals surface area contributed by atoms with Crippen LogP contribution < -0.4 is 0 Å². The third-order valence-electron chi connectivity index (χ3n) is 1.65. The van der Waals surface area contributed by atoms with E-state index in [9.17, 15) is 0 Å². The van der Waals surface area contributed by atoms with Crippen molar-refractivity contribution >= 4 is 11.6 Å². The Hall–Kier alpha value is 0.130. The molecular weight excluding hydrogens is 220 g/mol. The maximum absolute atomic E-state index is 5.75. The first-order valence-electron chi connectivity index (χ1n) is 5.21. The minimum atomic E-state index is -0.202. The van der Waals surface area contributed by atoms with Crippen LogP contribution in [0.4, 0.5) is 0 Å². The second-order valence-corrected chi connectivity index (χ2v) is 3.39. The summed E-state index contributed by atoms with van der Waals surface area (Å²) in [6.07, 6.45) is 0.807. The maximum Gasteiger partial charge on any atom is 0.131 e. The molecule has 0 saturated heterocycles. The molecule has 0 aromatic carbocycles. The highest BCUT2D eigenvalue weighted by atomic mass is 35.5. The van der Waals surface area contributed by atoms with E-state index in [4.69, 9.17) is 30.5 Å². The summed E-state index contributed by atoms with van der Waals surface area (Å²) < 4.78 is 20.5. The molecule has 0 aromatic rings. The lowest BCUT2D eigenvalue weighted by molar-refractivity contribution is -0.00163. The molecule has 0 fully saturated rings. The Labute approximate surface area is 96.8 Å². The third-order valence-corrected chi connectivity index (χ3v) is 2.09. The van der Waals surface area contributed by atoms with Crippen molar-refractivity contribution in [3.05, 3.63) is 0 Å². The van der Waals surface area contributed by atoms with Gasteiger partial charge in [-0.05, 0) is 6.42 Å². The number of ether oxygens (including phenoxy) is 4. The van der Waals surface area contributed by atoms with Crippen LogP contribution in [-0.4, -0.2) is 52.3 Å². The second kappa shape index (κ2) is 12.2. The first-order chi connectivity index (χ1) is 7.31. The van der Waals surface area contributed by atoms with Gasteiger partial charge in [0.15, 0.2) is 0 Å². The van der Waals surface area contributed by atoms with Crippen molar-refractivity contribution in [2.45, 2.75) is 18.9 Å². The highest BCUT2D eigenvalue weighted by Gasteiger charge is 1.99. The Bertz CT molecular complexity index is 124. The number of alkyl halides is 1. The van der Waals surface area contributed by atoms with Crippen LogP contribution in [0.3, 0.4) is 0 Å². The summed E-state index contributed by atoms with van der Waals surface area (Å²) >= 11 is 5.75.